The Bertz CT molecular complexity index is 500. The van der Waals surface area contributed by atoms with Gasteiger partial charge in [0.05, 0.1) is 12.3 Å². The lowest BCUT2D eigenvalue weighted by Gasteiger charge is -2.26. The average Bonchev–Trinajstić information content (AvgIpc) is 2.79. The van der Waals surface area contributed by atoms with Crippen LogP contribution < -0.4 is 5.01 Å². The Balaban J connectivity index is 2.10. The molecule has 1 N–H and O–H groups in total. The van der Waals surface area contributed by atoms with Crippen LogP contribution in [0.3, 0.4) is 0 Å². The third kappa shape index (κ3) is 2.75. The number of hydrogen-bond donors (Lipinski definition) is 1. The van der Waals surface area contributed by atoms with Crippen LogP contribution in [0, 0.1) is 0 Å². The molecule has 1 aromatic carbocycles. The zero-order chi connectivity index (χ0) is 14.7. The van der Waals surface area contributed by atoms with Gasteiger partial charge in [-0.2, -0.15) is 0 Å². The van der Waals surface area contributed by atoms with Crippen LogP contribution in [-0.2, 0) is 14.3 Å². The first-order chi connectivity index (χ1) is 9.54. The van der Waals surface area contributed by atoms with Gasteiger partial charge in [0, 0.05) is 20.0 Å². The molecule has 1 atom stereocenters. The number of hydrogen-bond acceptors (Lipinski definition) is 5. The molecular weight excluding hydrogens is 260 g/mol. The molecule has 6 heteroatoms. The highest BCUT2D eigenvalue weighted by Gasteiger charge is 2.26. The monoisotopic (exact) mass is 278 g/mol. The zero-order valence-corrected chi connectivity index (χ0v) is 11.6. The smallest absolute Gasteiger partial charge is 0.339 e. The first-order valence-corrected chi connectivity index (χ1v) is 6.53. The number of esters is 1. The van der Waals surface area contributed by atoms with Crippen molar-refractivity contribution in [3.8, 4) is 0 Å². The fraction of sp³-hybridized carbons (Fsp3) is 0.429. The predicted molar refractivity (Wildman–Crippen MR) is 72.8 cm³/mol. The summed E-state index contributed by atoms with van der Waals surface area (Å²) in [5.41, 5.74) is 1.32. The molecule has 1 aliphatic heterocycles. The van der Waals surface area contributed by atoms with Crippen LogP contribution in [0.1, 0.15) is 25.0 Å². The molecule has 1 saturated heterocycles. The van der Waals surface area contributed by atoms with E-state index in [9.17, 15) is 14.7 Å². The zero-order valence-electron chi connectivity index (χ0n) is 11.6. The second-order valence-corrected chi connectivity index (χ2v) is 4.54. The van der Waals surface area contributed by atoms with Gasteiger partial charge in [0.2, 0.25) is 5.91 Å². The summed E-state index contributed by atoms with van der Waals surface area (Å²) in [6.45, 7) is 2.55. The van der Waals surface area contributed by atoms with Gasteiger partial charge in [0.1, 0.15) is 0 Å². The van der Waals surface area contributed by atoms with Crippen molar-refractivity contribution in [2.75, 3.05) is 25.2 Å². The summed E-state index contributed by atoms with van der Waals surface area (Å²) < 4.78 is 4.77. The van der Waals surface area contributed by atoms with Crippen LogP contribution in [0.2, 0.25) is 0 Å². The van der Waals surface area contributed by atoms with Gasteiger partial charge >= 0.3 is 5.97 Å². The maximum Gasteiger partial charge on any atom is 0.339 e. The number of aliphatic hydroxyl groups is 1. The normalized spacial score (nSPS) is 16.4. The van der Waals surface area contributed by atoms with E-state index in [1.165, 1.54) is 0 Å². The van der Waals surface area contributed by atoms with E-state index in [2.05, 4.69) is 0 Å². The second kappa shape index (κ2) is 5.92. The van der Waals surface area contributed by atoms with Gasteiger partial charge in [-0.1, -0.05) is 12.1 Å². The molecule has 1 heterocycles. The summed E-state index contributed by atoms with van der Waals surface area (Å²) >= 11 is 0. The summed E-state index contributed by atoms with van der Waals surface area (Å²) in [5.74, 6) is -0.589. The van der Waals surface area contributed by atoms with Crippen LogP contribution >= 0.6 is 0 Å². The number of nitrogens with zero attached hydrogens (tertiary/aromatic N) is 2. The highest BCUT2D eigenvalue weighted by atomic mass is 16.5. The minimum absolute atomic E-state index is 0.0700. The van der Waals surface area contributed by atoms with E-state index in [-0.39, 0.29) is 12.5 Å². The average molecular weight is 278 g/mol. The van der Waals surface area contributed by atoms with Crippen molar-refractivity contribution >= 4 is 17.6 Å². The molecule has 0 radical (unpaired) electrons. The van der Waals surface area contributed by atoms with Crippen molar-refractivity contribution in [3.63, 3.8) is 0 Å². The number of rotatable bonds is 4. The van der Waals surface area contributed by atoms with Crippen molar-refractivity contribution in [1.82, 2.24) is 5.01 Å². The summed E-state index contributed by atoms with van der Waals surface area (Å²) in [6.07, 6.45) is -0.786. The fourth-order valence-electron chi connectivity index (χ4n) is 2.14. The number of amides is 1. The van der Waals surface area contributed by atoms with Crippen molar-refractivity contribution in [2.45, 2.75) is 19.4 Å². The first-order valence-electron chi connectivity index (χ1n) is 6.53. The van der Waals surface area contributed by atoms with Gasteiger partial charge in [0.15, 0.2) is 6.10 Å². The van der Waals surface area contributed by atoms with Gasteiger partial charge in [-0.15, -0.1) is 0 Å². The van der Waals surface area contributed by atoms with E-state index in [1.54, 1.807) is 43.2 Å². The lowest BCUT2D eigenvalue weighted by molar-refractivity contribution is -0.153. The van der Waals surface area contributed by atoms with Crippen LogP contribution in [-0.4, -0.2) is 42.2 Å². The van der Waals surface area contributed by atoms with Gasteiger partial charge in [0.25, 0.3) is 0 Å². The van der Waals surface area contributed by atoms with Gasteiger partial charge in [-0.25, -0.2) is 4.79 Å². The molecule has 1 aromatic rings. The van der Waals surface area contributed by atoms with Crippen LogP contribution in [0.4, 0.5) is 5.69 Å². The summed E-state index contributed by atoms with van der Waals surface area (Å²) in [5, 5.41) is 13.2. The van der Waals surface area contributed by atoms with Gasteiger partial charge in [-0.05, 0) is 24.6 Å². The number of aliphatic hydroxyl groups excluding tert-OH is 1. The Morgan fingerprint density at radius 2 is 2.05 bits per heavy atom. The lowest BCUT2D eigenvalue weighted by Crippen LogP contribution is -2.35. The number of carbonyl (C=O) groups excluding carboxylic acids is 2. The summed E-state index contributed by atoms with van der Waals surface area (Å²) in [4.78, 5) is 22.9. The number of carbonyl (C=O) groups is 2. The molecule has 0 spiro atoms. The van der Waals surface area contributed by atoms with E-state index < -0.39 is 12.1 Å². The van der Waals surface area contributed by atoms with Gasteiger partial charge in [-0.3, -0.25) is 14.8 Å². The van der Waals surface area contributed by atoms with Crippen LogP contribution in [0.25, 0.3) is 0 Å². The topological polar surface area (TPSA) is 70.1 Å². The standard InChI is InChI=1S/C14H18N2O4/c1-3-20-14(19)13(18)10-4-6-11(7-5-10)16-9-8-12(17)15(16)2/h4-7,13,18H,3,8-9H2,1-2H3. The first kappa shape index (κ1) is 14.3. The number of benzene rings is 1. The van der Waals surface area contributed by atoms with Crippen molar-refractivity contribution in [3.05, 3.63) is 29.8 Å². The quantitative estimate of drug-likeness (QED) is 0.827. The largest absolute Gasteiger partial charge is 0.464 e. The fourth-order valence-corrected chi connectivity index (χ4v) is 2.14. The van der Waals surface area contributed by atoms with Crippen LogP contribution in [0.5, 0.6) is 0 Å². The van der Waals surface area contributed by atoms with E-state index >= 15 is 0 Å². The molecular formula is C14H18N2O4. The van der Waals surface area contributed by atoms with Crippen LogP contribution in [0.15, 0.2) is 24.3 Å². The molecule has 0 saturated carbocycles. The van der Waals surface area contributed by atoms with Crippen molar-refractivity contribution in [2.24, 2.45) is 0 Å². The molecule has 1 aliphatic rings. The molecule has 6 nitrogen and oxygen atoms in total. The molecule has 108 valence electrons. The third-order valence-electron chi connectivity index (χ3n) is 3.28. The number of anilines is 1. The molecule has 20 heavy (non-hydrogen) atoms. The Morgan fingerprint density at radius 3 is 2.55 bits per heavy atom. The summed E-state index contributed by atoms with van der Waals surface area (Å²) in [6, 6.07) is 6.86. The van der Waals surface area contributed by atoms with Crippen molar-refractivity contribution in [1.29, 1.82) is 0 Å². The van der Waals surface area contributed by atoms with Gasteiger partial charge < -0.3 is 9.84 Å². The van der Waals surface area contributed by atoms with E-state index in [0.29, 0.717) is 18.5 Å². The summed E-state index contributed by atoms with van der Waals surface area (Å²) in [7, 11) is 1.72. The van der Waals surface area contributed by atoms with Crippen molar-refractivity contribution < 1.29 is 19.4 Å². The molecule has 0 bridgehead atoms. The highest BCUT2D eigenvalue weighted by Crippen LogP contribution is 2.24. The van der Waals surface area contributed by atoms with E-state index in [4.69, 9.17) is 4.74 Å². The maximum absolute atomic E-state index is 11.5. The van der Waals surface area contributed by atoms with E-state index in [0.717, 1.165) is 5.69 Å². The third-order valence-corrected chi connectivity index (χ3v) is 3.28. The SMILES string of the molecule is CCOC(=O)C(O)c1ccc(N2CCC(=O)N2C)cc1. The number of hydrazine groups is 1. The molecule has 1 unspecified atom stereocenters. The maximum atomic E-state index is 11.5. The number of ether oxygens (including phenoxy) is 1. The predicted octanol–water partition coefficient (Wildman–Crippen LogP) is 0.867. The molecule has 2 rings (SSSR count). The molecule has 1 amide bonds. The Hall–Kier alpha value is -2.08. The Kier molecular flexibility index (Phi) is 4.24. The minimum atomic E-state index is -1.28. The Morgan fingerprint density at radius 1 is 1.40 bits per heavy atom. The molecule has 1 fully saturated rings. The minimum Gasteiger partial charge on any atom is -0.464 e. The Labute approximate surface area is 117 Å². The molecule has 0 aliphatic carbocycles. The second-order valence-electron chi connectivity index (χ2n) is 4.54. The molecule has 0 aromatic heterocycles. The lowest BCUT2D eigenvalue weighted by atomic mass is 10.1. The van der Waals surface area contributed by atoms with E-state index in [1.807, 2.05) is 5.01 Å². The highest BCUT2D eigenvalue weighted by molar-refractivity contribution is 5.81.